The zero-order valence-electron chi connectivity index (χ0n) is 11.4. The lowest BCUT2D eigenvalue weighted by atomic mass is 10.3. The van der Waals surface area contributed by atoms with E-state index in [-0.39, 0.29) is 0 Å². The summed E-state index contributed by atoms with van der Waals surface area (Å²) in [5.74, 6) is 1.63. The zero-order chi connectivity index (χ0) is 13.8. The second kappa shape index (κ2) is 6.31. The fourth-order valence-corrected chi connectivity index (χ4v) is 2.24. The number of nitrogens with one attached hydrogen (secondary N) is 1. The first kappa shape index (κ1) is 14.2. The van der Waals surface area contributed by atoms with Crippen LogP contribution in [0, 0.1) is 10.5 Å². The van der Waals surface area contributed by atoms with Gasteiger partial charge in [0.2, 0.25) is 0 Å². The molecule has 6 heteroatoms. The maximum absolute atomic E-state index is 4.58. The maximum Gasteiger partial charge on any atom is 0.165 e. The highest BCUT2D eigenvalue weighted by molar-refractivity contribution is 14.1. The number of hydrogen-bond acceptors (Lipinski definition) is 4. The molecule has 2 heterocycles. The minimum absolute atomic E-state index is 0.733. The molecule has 0 saturated heterocycles. The van der Waals surface area contributed by atoms with E-state index in [0.29, 0.717) is 0 Å². The normalized spacial score (nSPS) is 10.7. The van der Waals surface area contributed by atoms with Crippen LogP contribution in [0.15, 0.2) is 12.4 Å². The van der Waals surface area contributed by atoms with Crippen LogP contribution in [0.25, 0.3) is 11.4 Å². The molecule has 0 unspecified atom stereocenters. The van der Waals surface area contributed by atoms with Gasteiger partial charge in [0.1, 0.15) is 5.82 Å². The third kappa shape index (κ3) is 3.23. The summed E-state index contributed by atoms with van der Waals surface area (Å²) in [6.07, 6.45) is 4.89. The van der Waals surface area contributed by atoms with Crippen molar-refractivity contribution in [2.24, 2.45) is 0 Å². The van der Waals surface area contributed by atoms with Gasteiger partial charge >= 0.3 is 0 Å². The number of rotatable bonds is 5. The lowest BCUT2D eigenvalue weighted by molar-refractivity contribution is 0.603. The first-order valence-electron chi connectivity index (χ1n) is 6.46. The predicted octanol–water partition coefficient (Wildman–Crippen LogP) is 3.09. The molecule has 0 atom stereocenters. The molecule has 19 heavy (non-hydrogen) atoms. The Bertz CT molecular complexity index is 564. The predicted molar refractivity (Wildman–Crippen MR) is 85.2 cm³/mol. The number of anilines is 1. The van der Waals surface area contributed by atoms with E-state index < -0.39 is 0 Å². The van der Waals surface area contributed by atoms with Gasteiger partial charge in [0, 0.05) is 19.3 Å². The van der Waals surface area contributed by atoms with Gasteiger partial charge in [-0.3, -0.25) is 4.68 Å². The van der Waals surface area contributed by atoms with Gasteiger partial charge < -0.3 is 5.32 Å². The Kier molecular flexibility index (Phi) is 4.73. The first-order valence-corrected chi connectivity index (χ1v) is 7.54. The summed E-state index contributed by atoms with van der Waals surface area (Å²) < 4.78 is 3.00. The van der Waals surface area contributed by atoms with Gasteiger partial charge in [-0.05, 0) is 42.9 Å². The zero-order valence-corrected chi connectivity index (χ0v) is 13.6. The van der Waals surface area contributed by atoms with E-state index in [1.165, 1.54) is 0 Å². The van der Waals surface area contributed by atoms with Crippen molar-refractivity contribution in [3.63, 3.8) is 0 Å². The molecule has 0 aliphatic heterocycles. The summed E-state index contributed by atoms with van der Waals surface area (Å²) in [7, 11) is 0. The standard InChI is InChI=1S/C13H18IN5/c1-4-6-19-8-10(7-16-19)12-17-9(3)11(14)13(18-12)15-5-2/h7-8H,4-6H2,1-3H3,(H,15,17,18). The number of hydrogen-bond donors (Lipinski definition) is 1. The third-order valence-electron chi connectivity index (χ3n) is 2.71. The Hall–Kier alpha value is -1.18. The second-order valence-corrected chi connectivity index (χ2v) is 5.40. The van der Waals surface area contributed by atoms with Crippen LogP contribution in [0.3, 0.4) is 0 Å². The highest BCUT2D eigenvalue weighted by atomic mass is 127. The molecule has 2 aromatic heterocycles. The van der Waals surface area contributed by atoms with E-state index in [2.05, 4.69) is 56.8 Å². The fraction of sp³-hybridized carbons (Fsp3) is 0.462. The van der Waals surface area contributed by atoms with E-state index >= 15 is 0 Å². The molecule has 0 aromatic carbocycles. The summed E-state index contributed by atoms with van der Waals surface area (Å²) in [6.45, 7) is 7.97. The van der Waals surface area contributed by atoms with E-state index in [1.807, 2.05) is 24.0 Å². The van der Waals surface area contributed by atoms with Crippen molar-refractivity contribution in [2.45, 2.75) is 33.7 Å². The number of aromatic nitrogens is 4. The molecule has 0 aliphatic rings. The minimum Gasteiger partial charge on any atom is -0.369 e. The van der Waals surface area contributed by atoms with Crippen molar-refractivity contribution in [1.29, 1.82) is 0 Å². The van der Waals surface area contributed by atoms with Crippen molar-refractivity contribution >= 4 is 28.4 Å². The molecular weight excluding hydrogens is 353 g/mol. The van der Waals surface area contributed by atoms with E-state index in [4.69, 9.17) is 0 Å². The Morgan fingerprint density at radius 2 is 2.11 bits per heavy atom. The van der Waals surface area contributed by atoms with Crippen molar-refractivity contribution in [2.75, 3.05) is 11.9 Å². The molecule has 0 aliphatic carbocycles. The van der Waals surface area contributed by atoms with Crippen molar-refractivity contribution in [3.8, 4) is 11.4 Å². The SMILES string of the molecule is CCCn1cc(-c2nc(C)c(I)c(NCC)n2)cn1. The molecule has 0 bridgehead atoms. The third-order valence-corrected chi connectivity index (χ3v) is 4.00. The number of nitrogens with zero attached hydrogens (tertiary/aromatic N) is 4. The molecule has 0 saturated carbocycles. The topological polar surface area (TPSA) is 55.6 Å². The molecule has 102 valence electrons. The first-order chi connectivity index (χ1) is 9.15. The molecular formula is C13H18IN5. The van der Waals surface area contributed by atoms with Crippen LogP contribution in [0.5, 0.6) is 0 Å². The summed E-state index contributed by atoms with van der Waals surface area (Å²) in [6, 6.07) is 0. The van der Waals surface area contributed by atoms with Gasteiger partial charge in [0.05, 0.1) is 21.0 Å². The molecule has 0 spiro atoms. The van der Waals surface area contributed by atoms with Crippen LogP contribution in [-0.4, -0.2) is 26.3 Å². The lowest BCUT2D eigenvalue weighted by Crippen LogP contribution is -2.06. The van der Waals surface area contributed by atoms with Crippen LogP contribution in [0.4, 0.5) is 5.82 Å². The van der Waals surface area contributed by atoms with Gasteiger partial charge in [-0.15, -0.1) is 0 Å². The monoisotopic (exact) mass is 371 g/mol. The van der Waals surface area contributed by atoms with Gasteiger partial charge in [0.25, 0.3) is 0 Å². The number of aryl methyl sites for hydroxylation is 2. The van der Waals surface area contributed by atoms with E-state index in [0.717, 1.165) is 46.0 Å². The van der Waals surface area contributed by atoms with Crippen LogP contribution in [0.2, 0.25) is 0 Å². The minimum atomic E-state index is 0.733. The van der Waals surface area contributed by atoms with Gasteiger partial charge in [0.15, 0.2) is 5.82 Å². The van der Waals surface area contributed by atoms with E-state index in [9.17, 15) is 0 Å². The highest BCUT2D eigenvalue weighted by Crippen LogP contribution is 2.23. The van der Waals surface area contributed by atoms with Crippen molar-refractivity contribution in [1.82, 2.24) is 19.7 Å². The average Bonchev–Trinajstić information content (AvgIpc) is 2.84. The van der Waals surface area contributed by atoms with Gasteiger partial charge in [-0.2, -0.15) is 5.10 Å². The molecule has 2 rings (SSSR count). The summed E-state index contributed by atoms with van der Waals surface area (Å²) >= 11 is 2.27. The van der Waals surface area contributed by atoms with Gasteiger partial charge in [-0.25, -0.2) is 9.97 Å². The molecule has 0 fully saturated rings. The molecule has 0 radical (unpaired) electrons. The Morgan fingerprint density at radius 1 is 1.32 bits per heavy atom. The Morgan fingerprint density at radius 3 is 2.79 bits per heavy atom. The van der Waals surface area contributed by atoms with Crippen LogP contribution in [-0.2, 0) is 6.54 Å². The maximum atomic E-state index is 4.58. The quantitative estimate of drug-likeness (QED) is 0.821. The summed E-state index contributed by atoms with van der Waals surface area (Å²) in [4.78, 5) is 9.13. The van der Waals surface area contributed by atoms with Gasteiger partial charge in [-0.1, -0.05) is 6.92 Å². The second-order valence-electron chi connectivity index (χ2n) is 4.32. The number of halogens is 1. The highest BCUT2D eigenvalue weighted by Gasteiger charge is 2.11. The van der Waals surface area contributed by atoms with E-state index in [1.54, 1.807) is 0 Å². The molecule has 2 aromatic rings. The van der Waals surface area contributed by atoms with Crippen LogP contribution in [0.1, 0.15) is 26.0 Å². The molecule has 1 N–H and O–H groups in total. The smallest absolute Gasteiger partial charge is 0.165 e. The Balaban J connectivity index is 2.37. The Labute approximate surface area is 127 Å². The largest absolute Gasteiger partial charge is 0.369 e. The summed E-state index contributed by atoms with van der Waals surface area (Å²) in [5.41, 5.74) is 1.96. The van der Waals surface area contributed by atoms with Crippen LogP contribution < -0.4 is 5.32 Å². The van der Waals surface area contributed by atoms with Crippen LogP contribution >= 0.6 is 22.6 Å². The fourth-order valence-electron chi connectivity index (χ4n) is 1.80. The lowest BCUT2D eigenvalue weighted by Gasteiger charge is -2.09. The average molecular weight is 371 g/mol. The van der Waals surface area contributed by atoms with Crippen molar-refractivity contribution in [3.05, 3.63) is 21.7 Å². The summed E-state index contributed by atoms with van der Waals surface area (Å²) in [5, 5.41) is 7.60. The molecule has 5 nitrogen and oxygen atoms in total. The molecule has 0 amide bonds. The van der Waals surface area contributed by atoms with Crippen molar-refractivity contribution < 1.29 is 0 Å².